The summed E-state index contributed by atoms with van der Waals surface area (Å²) < 4.78 is 6.96. The van der Waals surface area contributed by atoms with Crippen molar-refractivity contribution in [2.24, 2.45) is 7.05 Å². The number of halogens is 1. The van der Waals surface area contributed by atoms with Crippen LogP contribution >= 0.6 is 11.6 Å². The van der Waals surface area contributed by atoms with Crippen LogP contribution in [0.15, 0.2) is 24.4 Å². The zero-order chi connectivity index (χ0) is 11.7. The van der Waals surface area contributed by atoms with Gasteiger partial charge in [0.05, 0.1) is 35.3 Å². The van der Waals surface area contributed by atoms with E-state index in [2.05, 4.69) is 5.10 Å². The molecule has 0 saturated heterocycles. The Balaban J connectivity index is 2.72. The smallest absolute Gasteiger partial charge is 0.129 e. The number of aromatic nitrogens is 2. The molecule has 0 aliphatic carbocycles. The molecule has 0 unspecified atom stereocenters. The molecule has 84 valence electrons. The van der Waals surface area contributed by atoms with Crippen LogP contribution in [0, 0.1) is 0 Å². The Kier molecular flexibility index (Phi) is 2.75. The second-order valence-corrected chi connectivity index (χ2v) is 3.80. The first-order valence-corrected chi connectivity index (χ1v) is 5.13. The zero-order valence-corrected chi connectivity index (χ0v) is 9.82. The second kappa shape index (κ2) is 4.06. The minimum absolute atomic E-state index is 0.578. The number of rotatable bonds is 2. The average Bonchev–Trinajstić information content (AvgIpc) is 2.59. The van der Waals surface area contributed by atoms with Gasteiger partial charge in [-0.3, -0.25) is 4.68 Å². The summed E-state index contributed by atoms with van der Waals surface area (Å²) in [5, 5.41) is 4.68. The van der Waals surface area contributed by atoms with Crippen molar-refractivity contribution < 1.29 is 4.74 Å². The van der Waals surface area contributed by atoms with Gasteiger partial charge in [-0.1, -0.05) is 17.7 Å². The topological polar surface area (TPSA) is 53.1 Å². The molecular weight excluding hydrogens is 226 g/mol. The quantitative estimate of drug-likeness (QED) is 0.872. The highest BCUT2D eigenvalue weighted by molar-refractivity contribution is 6.33. The van der Waals surface area contributed by atoms with Crippen LogP contribution in [-0.4, -0.2) is 16.9 Å². The van der Waals surface area contributed by atoms with Gasteiger partial charge in [-0.2, -0.15) is 5.10 Å². The van der Waals surface area contributed by atoms with E-state index in [1.54, 1.807) is 24.1 Å². The molecule has 5 heteroatoms. The monoisotopic (exact) mass is 237 g/mol. The molecule has 2 rings (SSSR count). The summed E-state index contributed by atoms with van der Waals surface area (Å²) in [6, 6.07) is 5.47. The maximum absolute atomic E-state index is 6.17. The number of benzene rings is 1. The molecule has 0 spiro atoms. The van der Waals surface area contributed by atoms with Crippen molar-refractivity contribution in [1.82, 2.24) is 9.78 Å². The molecule has 1 heterocycles. The normalized spacial score (nSPS) is 10.4. The van der Waals surface area contributed by atoms with E-state index in [4.69, 9.17) is 22.1 Å². The third-order valence-electron chi connectivity index (χ3n) is 2.40. The fourth-order valence-electron chi connectivity index (χ4n) is 1.66. The van der Waals surface area contributed by atoms with Crippen molar-refractivity contribution in [3.63, 3.8) is 0 Å². The molecular formula is C11H12ClN3O. The molecule has 0 atom stereocenters. The lowest BCUT2D eigenvalue weighted by molar-refractivity contribution is 0.416. The van der Waals surface area contributed by atoms with E-state index in [1.807, 2.05) is 19.2 Å². The van der Waals surface area contributed by atoms with Crippen molar-refractivity contribution >= 4 is 17.3 Å². The van der Waals surface area contributed by atoms with Crippen molar-refractivity contribution in [1.29, 1.82) is 0 Å². The van der Waals surface area contributed by atoms with E-state index >= 15 is 0 Å². The number of ether oxygens (including phenoxy) is 1. The van der Waals surface area contributed by atoms with Crippen LogP contribution in [0.5, 0.6) is 5.75 Å². The summed E-state index contributed by atoms with van der Waals surface area (Å²) in [4.78, 5) is 0. The number of methoxy groups -OCH3 is 1. The van der Waals surface area contributed by atoms with Gasteiger partial charge in [0.25, 0.3) is 0 Å². The molecule has 0 bridgehead atoms. The van der Waals surface area contributed by atoms with Crippen LogP contribution in [-0.2, 0) is 7.05 Å². The first-order chi connectivity index (χ1) is 7.65. The first-order valence-electron chi connectivity index (χ1n) is 4.75. The van der Waals surface area contributed by atoms with Gasteiger partial charge < -0.3 is 10.5 Å². The van der Waals surface area contributed by atoms with E-state index in [9.17, 15) is 0 Å². The van der Waals surface area contributed by atoms with Crippen LogP contribution in [0.3, 0.4) is 0 Å². The molecule has 2 aromatic rings. The number of anilines is 1. The Labute approximate surface area is 98.6 Å². The number of nitrogen functional groups attached to an aromatic ring is 1. The molecule has 0 saturated carbocycles. The molecule has 16 heavy (non-hydrogen) atoms. The Morgan fingerprint density at radius 3 is 2.75 bits per heavy atom. The van der Waals surface area contributed by atoms with E-state index in [0.29, 0.717) is 16.5 Å². The molecule has 0 aliphatic rings. The maximum atomic E-state index is 6.17. The predicted octanol–water partition coefficient (Wildman–Crippen LogP) is 2.33. The largest absolute Gasteiger partial charge is 0.496 e. The fourth-order valence-corrected chi connectivity index (χ4v) is 1.92. The van der Waals surface area contributed by atoms with Gasteiger partial charge in [-0.05, 0) is 12.1 Å². The maximum Gasteiger partial charge on any atom is 0.129 e. The van der Waals surface area contributed by atoms with Gasteiger partial charge in [0.2, 0.25) is 0 Å². The van der Waals surface area contributed by atoms with Crippen molar-refractivity contribution in [3.05, 3.63) is 29.4 Å². The average molecular weight is 238 g/mol. The van der Waals surface area contributed by atoms with Gasteiger partial charge in [-0.25, -0.2) is 0 Å². The van der Waals surface area contributed by atoms with E-state index < -0.39 is 0 Å². The van der Waals surface area contributed by atoms with Crippen molar-refractivity contribution in [2.75, 3.05) is 12.8 Å². The Hall–Kier alpha value is -1.68. The van der Waals surface area contributed by atoms with Crippen LogP contribution in [0.1, 0.15) is 0 Å². The number of hydrogen-bond donors (Lipinski definition) is 1. The zero-order valence-electron chi connectivity index (χ0n) is 9.07. The second-order valence-electron chi connectivity index (χ2n) is 3.39. The minimum atomic E-state index is 0.578. The number of nitrogens with zero attached hydrogens (tertiary/aromatic N) is 2. The lowest BCUT2D eigenvalue weighted by atomic mass is 10.1. The number of nitrogens with two attached hydrogens (primary N) is 1. The van der Waals surface area contributed by atoms with E-state index in [1.165, 1.54) is 0 Å². The van der Waals surface area contributed by atoms with Gasteiger partial charge in [-0.15, -0.1) is 0 Å². The van der Waals surface area contributed by atoms with Gasteiger partial charge in [0.15, 0.2) is 0 Å². The summed E-state index contributed by atoms with van der Waals surface area (Å²) in [5.74, 6) is 0.683. The summed E-state index contributed by atoms with van der Waals surface area (Å²) in [6.07, 6.45) is 1.60. The first kappa shape index (κ1) is 10.8. The van der Waals surface area contributed by atoms with Crippen LogP contribution < -0.4 is 10.5 Å². The summed E-state index contributed by atoms with van der Waals surface area (Å²) >= 11 is 6.17. The Bertz CT molecular complexity index is 502. The molecule has 2 N–H and O–H groups in total. The van der Waals surface area contributed by atoms with Crippen molar-refractivity contribution in [2.45, 2.75) is 0 Å². The molecule has 0 radical (unpaired) electrons. The van der Waals surface area contributed by atoms with E-state index in [-0.39, 0.29) is 0 Å². The van der Waals surface area contributed by atoms with Crippen molar-refractivity contribution in [3.8, 4) is 17.0 Å². The Morgan fingerprint density at radius 1 is 1.44 bits per heavy atom. The summed E-state index contributed by atoms with van der Waals surface area (Å²) in [7, 11) is 3.41. The number of hydrogen-bond acceptors (Lipinski definition) is 3. The molecule has 0 aliphatic heterocycles. The summed E-state index contributed by atoms with van der Waals surface area (Å²) in [5.41, 5.74) is 7.98. The molecule has 4 nitrogen and oxygen atoms in total. The molecule has 0 amide bonds. The van der Waals surface area contributed by atoms with Gasteiger partial charge in [0, 0.05) is 7.05 Å². The standard InChI is InChI=1S/C11H12ClN3O/c1-15-11(8(13)6-14-15)10-7(12)4-3-5-9(10)16-2/h3-6H,13H2,1-2H3. The highest BCUT2D eigenvalue weighted by atomic mass is 35.5. The number of aryl methyl sites for hydroxylation is 1. The van der Waals surface area contributed by atoms with E-state index in [0.717, 1.165) is 11.3 Å². The highest BCUT2D eigenvalue weighted by Gasteiger charge is 2.16. The Morgan fingerprint density at radius 2 is 2.19 bits per heavy atom. The lowest BCUT2D eigenvalue weighted by Gasteiger charge is -2.11. The third kappa shape index (κ3) is 1.61. The molecule has 1 aromatic carbocycles. The molecule has 1 aromatic heterocycles. The third-order valence-corrected chi connectivity index (χ3v) is 2.71. The predicted molar refractivity (Wildman–Crippen MR) is 64.6 cm³/mol. The van der Waals surface area contributed by atoms with Crippen LogP contribution in [0.4, 0.5) is 5.69 Å². The van der Waals surface area contributed by atoms with Gasteiger partial charge in [0.1, 0.15) is 5.75 Å². The van der Waals surface area contributed by atoms with Crippen LogP contribution in [0.25, 0.3) is 11.3 Å². The summed E-state index contributed by atoms with van der Waals surface area (Å²) in [6.45, 7) is 0. The highest BCUT2D eigenvalue weighted by Crippen LogP contribution is 2.38. The minimum Gasteiger partial charge on any atom is -0.496 e. The van der Waals surface area contributed by atoms with Gasteiger partial charge >= 0.3 is 0 Å². The SMILES string of the molecule is COc1cccc(Cl)c1-c1c(N)cnn1C. The molecule has 0 fully saturated rings. The fraction of sp³-hybridized carbons (Fsp3) is 0.182. The van der Waals surface area contributed by atoms with Crippen LogP contribution in [0.2, 0.25) is 5.02 Å². The lowest BCUT2D eigenvalue weighted by Crippen LogP contribution is -1.98.